The smallest absolute Gasteiger partial charge is 0.243 e. The van der Waals surface area contributed by atoms with Crippen LogP contribution in [-0.4, -0.2) is 58.5 Å². The lowest BCUT2D eigenvalue weighted by Gasteiger charge is -2.31. The number of nitrogens with zero attached hydrogens (tertiary/aromatic N) is 2. The van der Waals surface area contributed by atoms with Gasteiger partial charge < -0.3 is 5.32 Å². The highest BCUT2D eigenvalue weighted by Crippen LogP contribution is 2.25. The number of piperidine rings is 1. The molecular formula is C21H27N3O5S2. The molecule has 10 heteroatoms. The molecule has 1 atom stereocenters. The minimum atomic E-state index is -3.83. The number of hydrogen-bond donors (Lipinski definition) is 1. The van der Waals surface area contributed by atoms with E-state index in [9.17, 15) is 21.6 Å². The van der Waals surface area contributed by atoms with Crippen LogP contribution in [0.1, 0.15) is 18.4 Å². The van der Waals surface area contributed by atoms with Crippen LogP contribution in [-0.2, 0) is 31.4 Å². The Balaban J connectivity index is 1.69. The predicted octanol–water partition coefficient (Wildman–Crippen LogP) is 1.65. The van der Waals surface area contributed by atoms with Gasteiger partial charge in [0.25, 0.3) is 0 Å². The van der Waals surface area contributed by atoms with E-state index in [1.54, 1.807) is 0 Å². The van der Waals surface area contributed by atoms with Crippen molar-refractivity contribution in [2.75, 3.05) is 27.2 Å². The average molecular weight is 466 g/mol. The third kappa shape index (κ3) is 5.32. The highest BCUT2D eigenvalue weighted by molar-refractivity contribution is 7.89. The van der Waals surface area contributed by atoms with Gasteiger partial charge in [-0.2, -0.15) is 4.31 Å². The Morgan fingerprint density at radius 3 is 2.23 bits per heavy atom. The van der Waals surface area contributed by atoms with Gasteiger partial charge in [0, 0.05) is 33.7 Å². The number of rotatable bonds is 7. The van der Waals surface area contributed by atoms with E-state index in [1.165, 1.54) is 42.7 Å². The highest BCUT2D eigenvalue weighted by Gasteiger charge is 2.33. The van der Waals surface area contributed by atoms with Gasteiger partial charge in [0.05, 0.1) is 15.7 Å². The van der Waals surface area contributed by atoms with Crippen LogP contribution in [0.2, 0.25) is 0 Å². The molecular weight excluding hydrogens is 438 g/mol. The van der Waals surface area contributed by atoms with Crippen LogP contribution < -0.4 is 5.32 Å². The van der Waals surface area contributed by atoms with Gasteiger partial charge in [-0.25, -0.2) is 21.1 Å². The van der Waals surface area contributed by atoms with Crippen molar-refractivity contribution in [2.24, 2.45) is 5.92 Å². The van der Waals surface area contributed by atoms with E-state index < -0.39 is 26.0 Å². The lowest BCUT2D eigenvalue weighted by molar-refractivity contribution is -0.126. The molecule has 0 spiro atoms. The summed E-state index contributed by atoms with van der Waals surface area (Å²) in [6, 6.07) is 14.7. The molecule has 1 N–H and O–H groups in total. The first kappa shape index (κ1) is 23.4. The molecule has 31 heavy (non-hydrogen) atoms. The zero-order valence-corrected chi connectivity index (χ0v) is 19.2. The van der Waals surface area contributed by atoms with Gasteiger partial charge in [-0.15, -0.1) is 0 Å². The normalized spacial score (nSPS) is 18.1. The molecule has 1 amide bonds. The van der Waals surface area contributed by atoms with Gasteiger partial charge in [-0.05, 0) is 42.7 Å². The fourth-order valence-corrected chi connectivity index (χ4v) is 5.87. The highest BCUT2D eigenvalue weighted by atomic mass is 32.2. The molecule has 0 radical (unpaired) electrons. The van der Waals surface area contributed by atoms with E-state index in [0.29, 0.717) is 25.9 Å². The molecule has 1 aliphatic rings. The fraction of sp³-hybridized carbons (Fsp3) is 0.381. The molecule has 168 valence electrons. The molecule has 8 nitrogen and oxygen atoms in total. The number of carbonyl (C=O) groups excluding carboxylic acids is 1. The van der Waals surface area contributed by atoms with Crippen molar-refractivity contribution >= 4 is 26.0 Å². The van der Waals surface area contributed by atoms with Crippen LogP contribution in [0.15, 0.2) is 64.4 Å². The number of hydrogen-bond acceptors (Lipinski definition) is 5. The molecule has 2 aromatic rings. The molecule has 0 aromatic heterocycles. The minimum absolute atomic E-state index is 0.00977. The second kappa shape index (κ2) is 9.47. The van der Waals surface area contributed by atoms with Gasteiger partial charge in [0.15, 0.2) is 0 Å². The first-order valence-corrected chi connectivity index (χ1v) is 12.8. The lowest BCUT2D eigenvalue weighted by Crippen LogP contribution is -2.45. The molecule has 0 aliphatic carbocycles. The third-order valence-electron chi connectivity index (χ3n) is 5.30. The van der Waals surface area contributed by atoms with E-state index in [0.717, 1.165) is 9.87 Å². The van der Waals surface area contributed by atoms with E-state index in [4.69, 9.17) is 0 Å². The molecule has 0 unspecified atom stereocenters. The van der Waals surface area contributed by atoms with Crippen molar-refractivity contribution in [3.05, 3.63) is 60.2 Å². The Morgan fingerprint density at radius 2 is 1.61 bits per heavy atom. The van der Waals surface area contributed by atoms with E-state index >= 15 is 0 Å². The SMILES string of the molecule is CN(C)S(=O)(=O)c1ccc(S(=O)(=O)N2CCC[C@@H](C(=O)NCc3ccccc3)C2)cc1. The topological polar surface area (TPSA) is 104 Å². The summed E-state index contributed by atoms with van der Waals surface area (Å²) in [6.07, 6.45) is 1.20. The summed E-state index contributed by atoms with van der Waals surface area (Å²) in [7, 11) is -4.65. The van der Waals surface area contributed by atoms with Crippen molar-refractivity contribution in [2.45, 2.75) is 29.2 Å². The van der Waals surface area contributed by atoms with E-state index in [2.05, 4.69) is 5.32 Å². The summed E-state index contributed by atoms with van der Waals surface area (Å²) in [5.41, 5.74) is 0.976. The van der Waals surface area contributed by atoms with Crippen LogP contribution >= 0.6 is 0 Å². The van der Waals surface area contributed by atoms with Crippen molar-refractivity contribution in [3.8, 4) is 0 Å². The Labute approximate surface area is 184 Å². The molecule has 1 saturated heterocycles. The van der Waals surface area contributed by atoms with E-state index in [1.807, 2.05) is 30.3 Å². The van der Waals surface area contributed by atoms with Crippen molar-refractivity contribution in [1.82, 2.24) is 13.9 Å². The Hall–Kier alpha value is -2.27. The standard InChI is InChI=1S/C21H27N3O5S2/c1-23(2)30(26,27)19-10-12-20(13-11-19)31(28,29)24-14-6-9-18(16-24)21(25)22-15-17-7-4-3-5-8-17/h3-5,7-8,10-13,18H,6,9,14-16H2,1-2H3,(H,22,25)/t18-/m1/s1. The maximum atomic E-state index is 13.1. The second-order valence-electron chi connectivity index (χ2n) is 7.66. The summed E-state index contributed by atoms with van der Waals surface area (Å²) in [4.78, 5) is 12.6. The first-order chi connectivity index (χ1) is 14.6. The van der Waals surface area contributed by atoms with Crippen molar-refractivity contribution in [3.63, 3.8) is 0 Å². The van der Waals surface area contributed by atoms with Crippen LogP contribution in [0, 0.1) is 5.92 Å². The minimum Gasteiger partial charge on any atom is -0.352 e. The van der Waals surface area contributed by atoms with Crippen molar-refractivity contribution < 1.29 is 21.6 Å². The van der Waals surface area contributed by atoms with Gasteiger partial charge >= 0.3 is 0 Å². The van der Waals surface area contributed by atoms with Crippen LogP contribution in [0.4, 0.5) is 0 Å². The zero-order valence-electron chi connectivity index (χ0n) is 17.6. The number of nitrogens with one attached hydrogen (secondary N) is 1. The van der Waals surface area contributed by atoms with Gasteiger partial charge in [-0.1, -0.05) is 30.3 Å². The number of amides is 1. The van der Waals surface area contributed by atoms with Gasteiger partial charge in [0.2, 0.25) is 26.0 Å². The number of benzene rings is 2. The number of carbonyl (C=O) groups is 1. The Kier molecular flexibility index (Phi) is 7.15. The summed E-state index contributed by atoms with van der Waals surface area (Å²) in [5, 5.41) is 2.88. The largest absolute Gasteiger partial charge is 0.352 e. The fourth-order valence-electron chi connectivity index (χ4n) is 3.45. The Bertz CT molecular complexity index is 1120. The molecule has 0 bridgehead atoms. The monoisotopic (exact) mass is 465 g/mol. The van der Waals surface area contributed by atoms with Gasteiger partial charge in [-0.3, -0.25) is 4.79 Å². The summed E-state index contributed by atoms with van der Waals surface area (Å²) in [6.45, 7) is 0.813. The molecule has 1 fully saturated rings. The number of sulfonamides is 2. The maximum Gasteiger partial charge on any atom is 0.243 e. The lowest BCUT2D eigenvalue weighted by atomic mass is 9.99. The summed E-state index contributed by atoms with van der Waals surface area (Å²) in [5.74, 6) is -0.600. The molecule has 0 saturated carbocycles. The summed E-state index contributed by atoms with van der Waals surface area (Å²) >= 11 is 0. The predicted molar refractivity (Wildman–Crippen MR) is 117 cm³/mol. The molecule has 1 heterocycles. The Morgan fingerprint density at radius 1 is 1.00 bits per heavy atom. The van der Waals surface area contributed by atoms with Crippen LogP contribution in [0.3, 0.4) is 0 Å². The molecule has 2 aromatic carbocycles. The first-order valence-electron chi connectivity index (χ1n) is 9.97. The third-order valence-corrected chi connectivity index (χ3v) is 9.01. The average Bonchev–Trinajstić information content (AvgIpc) is 2.78. The maximum absolute atomic E-state index is 13.1. The van der Waals surface area contributed by atoms with Crippen LogP contribution in [0.5, 0.6) is 0 Å². The van der Waals surface area contributed by atoms with Crippen molar-refractivity contribution in [1.29, 1.82) is 0 Å². The van der Waals surface area contributed by atoms with Gasteiger partial charge in [0.1, 0.15) is 0 Å². The second-order valence-corrected chi connectivity index (χ2v) is 11.8. The molecule has 3 rings (SSSR count). The van der Waals surface area contributed by atoms with Crippen LogP contribution in [0.25, 0.3) is 0 Å². The zero-order chi connectivity index (χ0) is 22.6. The molecule has 1 aliphatic heterocycles. The van der Waals surface area contributed by atoms with E-state index in [-0.39, 0.29) is 22.2 Å². The quantitative estimate of drug-likeness (QED) is 0.670. The summed E-state index contributed by atoms with van der Waals surface area (Å²) < 4.78 is 52.9.